The Kier molecular flexibility index (Phi) is 6.80. The van der Waals surface area contributed by atoms with E-state index >= 15 is 0 Å². The van der Waals surface area contributed by atoms with Crippen LogP contribution in [0.15, 0.2) is 65.7 Å². The highest BCUT2D eigenvalue weighted by Gasteiger charge is 2.11. The molecule has 0 saturated heterocycles. The lowest BCUT2D eigenvalue weighted by Crippen LogP contribution is -2.43. The van der Waals surface area contributed by atoms with Crippen LogP contribution in [-0.2, 0) is 14.3 Å². The molecule has 0 radical (unpaired) electrons. The molecule has 29 heavy (non-hydrogen) atoms. The lowest BCUT2D eigenvalue weighted by atomic mass is 10.1. The number of hydrogen-bond donors (Lipinski definition) is 2. The largest absolute Gasteiger partial charge is 0.455 e. The number of hydrogen-bond acceptors (Lipinski definition) is 6. The summed E-state index contributed by atoms with van der Waals surface area (Å²) in [5.41, 5.74) is 6.79. The number of esters is 1. The molecule has 0 unspecified atom stereocenters. The molecule has 0 fully saturated rings. The van der Waals surface area contributed by atoms with E-state index in [1.807, 2.05) is 37.3 Å². The first-order valence-corrected chi connectivity index (χ1v) is 9.80. The molecule has 2 aromatic carbocycles. The maximum absolute atomic E-state index is 11.9. The molecular weight excluding hydrogens is 390 g/mol. The number of aromatic nitrogens is 1. The quantitative estimate of drug-likeness (QED) is 0.369. The lowest BCUT2D eigenvalue weighted by molar-refractivity contribution is -0.146. The minimum atomic E-state index is -0.632. The summed E-state index contributed by atoms with van der Waals surface area (Å²) in [5, 5.41) is 1.77. The number of nitrogens with one attached hydrogen (secondary N) is 2. The first kappa shape index (κ1) is 20.3. The van der Waals surface area contributed by atoms with Crippen molar-refractivity contribution in [2.24, 2.45) is 0 Å². The number of thioether (sulfide) groups is 1. The summed E-state index contributed by atoms with van der Waals surface area (Å²) in [5.74, 6) is -1.62. The van der Waals surface area contributed by atoms with Gasteiger partial charge in [-0.05, 0) is 36.8 Å². The fourth-order valence-corrected chi connectivity index (χ4v) is 3.31. The fourth-order valence-electron chi connectivity index (χ4n) is 2.54. The Bertz CT molecular complexity index is 1040. The Morgan fingerprint density at radius 1 is 1.00 bits per heavy atom. The first-order chi connectivity index (χ1) is 14.0. The number of rotatable bonds is 6. The topological polar surface area (TPSA) is 97.4 Å². The van der Waals surface area contributed by atoms with Crippen LogP contribution in [0.3, 0.4) is 0 Å². The Morgan fingerprint density at radius 3 is 2.52 bits per heavy atom. The number of amides is 2. The zero-order valence-electron chi connectivity index (χ0n) is 15.7. The number of ether oxygens (including phenoxy) is 1. The molecule has 3 aromatic rings. The third-order valence-corrected chi connectivity index (χ3v) is 4.84. The molecule has 7 nitrogen and oxygen atoms in total. The standard InChI is InChI=1S/C21H19N3O4S/c1-14-11-19(22-17-10-6-5-9-16(14)17)29-13-20(26)28-12-18(25)23-24-21(27)15-7-3-2-4-8-15/h2-11H,12-13H2,1H3,(H,23,25)(H,24,27). The highest BCUT2D eigenvalue weighted by Crippen LogP contribution is 2.23. The molecule has 0 saturated carbocycles. The monoisotopic (exact) mass is 409 g/mol. The van der Waals surface area contributed by atoms with Crippen molar-refractivity contribution >= 4 is 40.4 Å². The molecule has 0 aliphatic carbocycles. The second kappa shape index (κ2) is 9.70. The molecule has 148 valence electrons. The van der Waals surface area contributed by atoms with Gasteiger partial charge in [0.1, 0.15) is 0 Å². The first-order valence-electron chi connectivity index (χ1n) is 8.82. The Balaban J connectivity index is 1.42. The smallest absolute Gasteiger partial charge is 0.316 e. The van der Waals surface area contributed by atoms with Crippen molar-refractivity contribution in [1.82, 2.24) is 15.8 Å². The van der Waals surface area contributed by atoms with E-state index in [0.29, 0.717) is 10.6 Å². The second-order valence-corrected chi connectivity index (χ2v) is 7.11. The molecule has 1 heterocycles. The number of para-hydroxylation sites is 1. The number of hydrazine groups is 1. The predicted molar refractivity (Wildman–Crippen MR) is 110 cm³/mol. The van der Waals surface area contributed by atoms with Crippen LogP contribution >= 0.6 is 11.8 Å². The number of nitrogens with zero attached hydrogens (tertiary/aromatic N) is 1. The van der Waals surface area contributed by atoms with Crippen LogP contribution in [0.2, 0.25) is 0 Å². The summed E-state index contributed by atoms with van der Waals surface area (Å²) in [7, 11) is 0. The van der Waals surface area contributed by atoms with E-state index in [2.05, 4.69) is 15.8 Å². The van der Waals surface area contributed by atoms with Crippen LogP contribution in [0.5, 0.6) is 0 Å². The highest BCUT2D eigenvalue weighted by atomic mass is 32.2. The maximum atomic E-state index is 11.9. The van der Waals surface area contributed by atoms with Gasteiger partial charge in [0.25, 0.3) is 11.8 Å². The number of aryl methyl sites for hydroxylation is 1. The van der Waals surface area contributed by atoms with E-state index in [4.69, 9.17) is 4.74 Å². The molecule has 0 aliphatic rings. The summed E-state index contributed by atoms with van der Waals surface area (Å²) < 4.78 is 4.93. The number of pyridine rings is 1. The van der Waals surface area contributed by atoms with Crippen LogP contribution in [0, 0.1) is 6.92 Å². The average Bonchev–Trinajstić information content (AvgIpc) is 2.75. The van der Waals surface area contributed by atoms with E-state index in [0.717, 1.165) is 16.5 Å². The van der Waals surface area contributed by atoms with Gasteiger partial charge in [-0.15, -0.1) is 0 Å². The summed E-state index contributed by atoms with van der Waals surface area (Å²) >= 11 is 1.24. The van der Waals surface area contributed by atoms with Crippen molar-refractivity contribution in [3.8, 4) is 0 Å². The molecule has 3 rings (SSSR count). The van der Waals surface area contributed by atoms with Gasteiger partial charge in [-0.3, -0.25) is 25.2 Å². The molecule has 2 amide bonds. The summed E-state index contributed by atoms with van der Waals surface area (Å²) in [6.07, 6.45) is 0. The summed E-state index contributed by atoms with van der Waals surface area (Å²) in [4.78, 5) is 39.9. The average molecular weight is 409 g/mol. The van der Waals surface area contributed by atoms with E-state index in [1.54, 1.807) is 30.3 Å². The van der Waals surface area contributed by atoms with Crippen LogP contribution in [0.25, 0.3) is 10.9 Å². The lowest BCUT2D eigenvalue weighted by Gasteiger charge is -2.08. The second-order valence-electron chi connectivity index (χ2n) is 6.11. The van der Waals surface area contributed by atoms with Crippen LogP contribution < -0.4 is 10.9 Å². The third-order valence-electron chi connectivity index (χ3n) is 3.95. The van der Waals surface area contributed by atoms with Gasteiger partial charge in [0.15, 0.2) is 6.61 Å². The van der Waals surface area contributed by atoms with Crippen molar-refractivity contribution < 1.29 is 19.1 Å². The van der Waals surface area contributed by atoms with Gasteiger partial charge >= 0.3 is 5.97 Å². The Hall–Kier alpha value is -3.39. The fraction of sp³-hybridized carbons (Fsp3) is 0.143. The molecule has 1 aromatic heterocycles. The van der Waals surface area contributed by atoms with Gasteiger partial charge in [0.05, 0.1) is 16.3 Å². The van der Waals surface area contributed by atoms with Gasteiger partial charge in [-0.2, -0.15) is 0 Å². The molecule has 2 N–H and O–H groups in total. The molecule has 0 spiro atoms. The molecular formula is C21H19N3O4S. The van der Waals surface area contributed by atoms with Crippen molar-refractivity contribution in [2.75, 3.05) is 12.4 Å². The number of fused-ring (bicyclic) bond motifs is 1. The molecule has 0 aliphatic heterocycles. The van der Waals surface area contributed by atoms with E-state index in [1.165, 1.54) is 11.8 Å². The maximum Gasteiger partial charge on any atom is 0.316 e. The SMILES string of the molecule is Cc1cc(SCC(=O)OCC(=O)NNC(=O)c2ccccc2)nc2ccccc12. The molecule has 0 bridgehead atoms. The Morgan fingerprint density at radius 2 is 1.72 bits per heavy atom. The summed E-state index contributed by atoms with van der Waals surface area (Å²) in [6.45, 7) is 1.50. The van der Waals surface area contributed by atoms with Crippen molar-refractivity contribution in [3.63, 3.8) is 0 Å². The van der Waals surface area contributed by atoms with E-state index < -0.39 is 24.4 Å². The summed E-state index contributed by atoms with van der Waals surface area (Å²) in [6, 6.07) is 18.1. The zero-order valence-corrected chi connectivity index (χ0v) is 16.5. The number of carbonyl (C=O) groups is 3. The van der Waals surface area contributed by atoms with Crippen molar-refractivity contribution in [2.45, 2.75) is 11.9 Å². The number of benzene rings is 2. The van der Waals surface area contributed by atoms with Crippen LogP contribution in [0.1, 0.15) is 15.9 Å². The van der Waals surface area contributed by atoms with Gasteiger partial charge in [-0.1, -0.05) is 48.2 Å². The number of carbonyl (C=O) groups excluding carboxylic acids is 3. The van der Waals surface area contributed by atoms with E-state index in [9.17, 15) is 14.4 Å². The van der Waals surface area contributed by atoms with Gasteiger partial charge in [0, 0.05) is 10.9 Å². The normalized spacial score (nSPS) is 10.4. The molecule has 0 atom stereocenters. The minimum absolute atomic E-state index is 0.0223. The van der Waals surface area contributed by atoms with Crippen LogP contribution in [-0.4, -0.2) is 35.1 Å². The highest BCUT2D eigenvalue weighted by molar-refractivity contribution is 7.99. The van der Waals surface area contributed by atoms with Crippen LogP contribution in [0.4, 0.5) is 0 Å². The predicted octanol–water partition coefficient (Wildman–Crippen LogP) is 2.64. The molecule has 8 heteroatoms. The van der Waals surface area contributed by atoms with Crippen molar-refractivity contribution in [1.29, 1.82) is 0 Å². The van der Waals surface area contributed by atoms with Crippen molar-refractivity contribution in [3.05, 3.63) is 71.8 Å². The van der Waals surface area contributed by atoms with Gasteiger partial charge in [-0.25, -0.2) is 4.98 Å². The van der Waals surface area contributed by atoms with E-state index in [-0.39, 0.29) is 5.75 Å². The third kappa shape index (κ3) is 5.79. The Labute approximate surface area is 171 Å². The minimum Gasteiger partial charge on any atom is -0.455 e. The zero-order chi connectivity index (χ0) is 20.6. The van der Waals surface area contributed by atoms with Gasteiger partial charge in [0.2, 0.25) is 0 Å². The van der Waals surface area contributed by atoms with Gasteiger partial charge < -0.3 is 4.74 Å².